The van der Waals surface area contributed by atoms with Crippen LogP contribution in [-0.2, 0) is 0 Å². The molecule has 1 atom stereocenters. The molecule has 4 nitrogen and oxygen atoms in total. The summed E-state index contributed by atoms with van der Waals surface area (Å²) in [6.45, 7) is 3.79. The number of nitrogens with one attached hydrogen (secondary N) is 1. The van der Waals surface area contributed by atoms with E-state index in [1.165, 1.54) is 6.42 Å². The van der Waals surface area contributed by atoms with Crippen LogP contribution in [0.5, 0.6) is 0 Å². The molecule has 0 aromatic carbocycles. The van der Waals surface area contributed by atoms with E-state index in [9.17, 15) is 9.59 Å². The molecule has 1 fully saturated rings. The third kappa shape index (κ3) is 2.63. The first-order valence-electron chi connectivity index (χ1n) is 7.58. The number of nitrogens with zero attached hydrogens (tertiary/aromatic N) is 1. The maximum Gasteiger partial charge on any atom is 0.260 e. The van der Waals surface area contributed by atoms with Crippen LogP contribution in [0, 0.1) is 0 Å². The number of carbonyl (C=O) groups is 1. The predicted molar refractivity (Wildman–Crippen MR) is 82.9 cm³/mol. The van der Waals surface area contributed by atoms with Crippen LogP contribution < -0.4 is 5.56 Å². The van der Waals surface area contributed by atoms with Crippen molar-refractivity contribution in [1.82, 2.24) is 9.88 Å². The zero-order valence-corrected chi connectivity index (χ0v) is 12.3. The molecule has 1 saturated heterocycles. The fraction of sp³-hybridized carbons (Fsp3) is 0.412. The summed E-state index contributed by atoms with van der Waals surface area (Å²) < 4.78 is 0. The zero-order valence-electron chi connectivity index (χ0n) is 12.3. The van der Waals surface area contributed by atoms with Crippen molar-refractivity contribution in [2.75, 3.05) is 13.1 Å². The number of hydrogen-bond donors (Lipinski definition) is 1. The number of likely N-dealkylation sites (tertiary alicyclic amines) is 1. The number of piperidine rings is 1. The highest BCUT2D eigenvalue weighted by atomic mass is 16.1. The fourth-order valence-corrected chi connectivity index (χ4v) is 3.11. The minimum Gasteiger partial charge on any atom is -0.321 e. The number of hydrogen-bond acceptors (Lipinski definition) is 3. The van der Waals surface area contributed by atoms with Gasteiger partial charge in [-0.3, -0.25) is 14.5 Å². The SMILES string of the molecule is CC(C(=O)c1c2cccccc-2[nH]c1=O)N1CCCCC1. The highest BCUT2D eigenvalue weighted by molar-refractivity contribution is 6.05. The van der Waals surface area contributed by atoms with E-state index < -0.39 is 0 Å². The monoisotopic (exact) mass is 284 g/mol. The number of H-pyrrole nitrogens is 1. The van der Waals surface area contributed by atoms with Crippen molar-refractivity contribution < 1.29 is 4.79 Å². The summed E-state index contributed by atoms with van der Waals surface area (Å²) in [4.78, 5) is 29.9. The van der Waals surface area contributed by atoms with Gasteiger partial charge in [-0.2, -0.15) is 0 Å². The first kappa shape index (κ1) is 14.0. The second-order valence-corrected chi connectivity index (χ2v) is 5.70. The Morgan fingerprint density at radius 2 is 1.86 bits per heavy atom. The van der Waals surface area contributed by atoms with Crippen molar-refractivity contribution >= 4 is 5.78 Å². The van der Waals surface area contributed by atoms with Gasteiger partial charge in [0.15, 0.2) is 5.78 Å². The van der Waals surface area contributed by atoms with Gasteiger partial charge < -0.3 is 4.98 Å². The summed E-state index contributed by atoms with van der Waals surface area (Å²) in [5.41, 5.74) is 1.47. The number of aromatic amines is 1. The van der Waals surface area contributed by atoms with Gasteiger partial charge in [-0.05, 0) is 38.9 Å². The molecule has 0 aromatic heterocycles. The molecule has 21 heavy (non-hydrogen) atoms. The number of fused-ring (bicyclic) bond motifs is 1. The van der Waals surface area contributed by atoms with Crippen molar-refractivity contribution in [3.63, 3.8) is 0 Å². The third-order valence-corrected chi connectivity index (χ3v) is 4.35. The summed E-state index contributed by atoms with van der Waals surface area (Å²) in [6, 6.07) is 9.05. The summed E-state index contributed by atoms with van der Waals surface area (Å²) >= 11 is 0. The van der Waals surface area contributed by atoms with Crippen molar-refractivity contribution in [2.24, 2.45) is 0 Å². The lowest BCUT2D eigenvalue weighted by Gasteiger charge is -2.31. The van der Waals surface area contributed by atoms with Gasteiger partial charge in [-0.25, -0.2) is 0 Å². The van der Waals surface area contributed by atoms with Gasteiger partial charge in [0.2, 0.25) is 0 Å². The summed E-state index contributed by atoms with van der Waals surface area (Å²) in [6.07, 6.45) is 3.49. The Kier molecular flexibility index (Phi) is 3.88. The van der Waals surface area contributed by atoms with E-state index in [1.807, 2.05) is 37.3 Å². The number of aromatic nitrogens is 1. The minimum atomic E-state index is -0.273. The summed E-state index contributed by atoms with van der Waals surface area (Å²) in [5.74, 6) is -0.0700. The highest BCUT2D eigenvalue weighted by Gasteiger charge is 2.29. The Hall–Kier alpha value is -1.94. The molecule has 0 radical (unpaired) electrons. The normalized spacial score (nSPS) is 17.8. The second-order valence-electron chi connectivity index (χ2n) is 5.70. The van der Waals surface area contributed by atoms with Crippen molar-refractivity contribution in [2.45, 2.75) is 32.2 Å². The molecule has 2 heterocycles. The average Bonchev–Trinajstić information content (AvgIpc) is 2.67. The van der Waals surface area contributed by atoms with Gasteiger partial charge in [0.1, 0.15) is 0 Å². The van der Waals surface area contributed by atoms with Gasteiger partial charge >= 0.3 is 0 Å². The molecule has 0 bridgehead atoms. The van der Waals surface area contributed by atoms with Gasteiger partial charge in [-0.1, -0.05) is 30.7 Å². The Balaban J connectivity index is 1.95. The number of ketones is 1. The van der Waals surface area contributed by atoms with Gasteiger partial charge in [0.25, 0.3) is 5.56 Å². The van der Waals surface area contributed by atoms with Crippen molar-refractivity contribution in [1.29, 1.82) is 0 Å². The molecule has 0 amide bonds. The van der Waals surface area contributed by atoms with E-state index in [0.29, 0.717) is 5.56 Å². The number of Topliss-reactive ketones (excluding diaryl/α,β-unsaturated/α-hetero) is 1. The highest BCUT2D eigenvalue weighted by Crippen LogP contribution is 2.23. The third-order valence-electron chi connectivity index (χ3n) is 4.35. The Morgan fingerprint density at radius 1 is 1.14 bits per heavy atom. The topological polar surface area (TPSA) is 53.2 Å². The first-order chi connectivity index (χ1) is 10.2. The van der Waals surface area contributed by atoms with Crippen LogP contribution in [0.4, 0.5) is 0 Å². The predicted octanol–water partition coefficient (Wildman–Crippen LogP) is 2.54. The molecule has 1 unspecified atom stereocenters. The largest absolute Gasteiger partial charge is 0.321 e. The lowest BCUT2D eigenvalue weighted by molar-refractivity contribution is 0.0808. The molecule has 0 saturated carbocycles. The Bertz CT molecular complexity index is 671. The molecule has 3 aliphatic rings. The standard InChI is InChI=1S/C17H20N2O2/c1-12(19-10-6-3-7-11-19)16(20)15-13-8-4-2-5-9-14(13)18-17(15)21/h2,4-5,8-9,12H,3,6-7,10-11H2,1H3,(H,18,21). The van der Waals surface area contributed by atoms with Crippen LogP contribution in [0.25, 0.3) is 11.3 Å². The quantitative estimate of drug-likeness (QED) is 0.881. The Morgan fingerprint density at radius 3 is 2.62 bits per heavy atom. The van der Waals surface area contributed by atoms with Gasteiger partial charge in [-0.15, -0.1) is 0 Å². The molecule has 0 spiro atoms. The molecule has 1 N–H and O–H groups in total. The van der Waals surface area contributed by atoms with E-state index in [0.717, 1.165) is 37.2 Å². The molecule has 110 valence electrons. The maximum atomic E-state index is 12.8. The molecule has 2 aliphatic heterocycles. The van der Waals surface area contributed by atoms with Crippen LogP contribution in [0.3, 0.4) is 0 Å². The van der Waals surface area contributed by atoms with Crippen LogP contribution >= 0.6 is 0 Å². The first-order valence-corrected chi connectivity index (χ1v) is 7.58. The minimum absolute atomic E-state index is 0.0700. The van der Waals surface area contributed by atoms with Gasteiger partial charge in [0.05, 0.1) is 11.6 Å². The average molecular weight is 284 g/mol. The second kappa shape index (κ2) is 5.82. The number of carbonyl (C=O) groups excluding carboxylic acids is 1. The Labute approximate surface area is 124 Å². The molecular formula is C17H20N2O2. The van der Waals surface area contributed by atoms with E-state index in [-0.39, 0.29) is 17.4 Å². The molecular weight excluding hydrogens is 264 g/mol. The molecule has 3 rings (SSSR count). The van der Waals surface area contributed by atoms with E-state index in [4.69, 9.17) is 0 Å². The van der Waals surface area contributed by atoms with Crippen molar-refractivity contribution in [3.05, 3.63) is 46.2 Å². The molecule has 1 aliphatic carbocycles. The smallest absolute Gasteiger partial charge is 0.260 e. The van der Waals surface area contributed by atoms with Crippen LogP contribution in [-0.4, -0.2) is 34.8 Å². The summed E-state index contributed by atoms with van der Waals surface area (Å²) in [5, 5.41) is 0. The number of rotatable bonds is 3. The fourth-order valence-electron chi connectivity index (χ4n) is 3.11. The zero-order chi connectivity index (χ0) is 14.8. The summed E-state index contributed by atoms with van der Waals surface area (Å²) in [7, 11) is 0. The molecule has 0 aromatic rings. The van der Waals surface area contributed by atoms with Crippen LogP contribution in [0.1, 0.15) is 36.5 Å². The van der Waals surface area contributed by atoms with Crippen LogP contribution in [0.15, 0.2) is 35.1 Å². The van der Waals surface area contributed by atoms with Crippen LogP contribution in [0.2, 0.25) is 0 Å². The van der Waals surface area contributed by atoms with E-state index in [2.05, 4.69) is 9.88 Å². The van der Waals surface area contributed by atoms with E-state index >= 15 is 0 Å². The molecule has 4 heteroatoms. The lowest BCUT2D eigenvalue weighted by atomic mass is 9.99. The van der Waals surface area contributed by atoms with Crippen molar-refractivity contribution in [3.8, 4) is 11.3 Å². The maximum absolute atomic E-state index is 12.8. The lowest BCUT2D eigenvalue weighted by Crippen LogP contribution is -2.43. The van der Waals surface area contributed by atoms with Gasteiger partial charge in [0, 0.05) is 11.3 Å². The van der Waals surface area contributed by atoms with E-state index in [1.54, 1.807) is 0 Å².